The Morgan fingerprint density at radius 2 is 1.85 bits per heavy atom. The number of fused-ring (bicyclic) bond motifs is 1. The van der Waals surface area contributed by atoms with Crippen LogP contribution in [0.2, 0.25) is 5.02 Å². The first-order valence-corrected chi connectivity index (χ1v) is 11.8. The molecule has 34 heavy (non-hydrogen) atoms. The molecule has 2 heterocycles. The van der Waals surface area contributed by atoms with Crippen LogP contribution in [0.25, 0.3) is 16.0 Å². The number of thiazole rings is 1. The highest BCUT2D eigenvalue weighted by Gasteiger charge is 2.49. The third kappa shape index (κ3) is 3.67. The maximum atomic E-state index is 15.0. The maximum Gasteiger partial charge on any atom is 0.301 e. The zero-order chi connectivity index (χ0) is 24.0. The number of carbonyl (C=O) groups is 2. The Bertz CT molecular complexity index is 1480. The number of ketones is 1. The average Bonchev–Trinajstić information content (AvgIpc) is 3.37. The van der Waals surface area contributed by atoms with Gasteiger partial charge in [0.2, 0.25) is 0 Å². The van der Waals surface area contributed by atoms with Gasteiger partial charge in [-0.3, -0.25) is 14.5 Å². The second kappa shape index (κ2) is 8.66. The second-order valence-electron chi connectivity index (χ2n) is 7.85. The van der Waals surface area contributed by atoms with E-state index in [-0.39, 0.29) is 16.3 Å². The van der Waals surface area contributed by atoms with E-state index in [9.17, 15) is 19.1 Å². The molecular formula is C26H18ClFN2O3S. The number of rotatable bonds is 4. The van der Waals surface area contributed by atoms with Crippen molar-refractivity contribution < 1.29 is 19.1 Å². The number of hydrogen-bond donors (Lipinski definition) is 1. The lowest BCUT2D eigenvalue weighted by molar-refractivity contribution is -0.132. The lowest BCUT2D eigenvalue weighted by Gasteiger charge is -2.23. The van der Waals surface area contributed by atoms with Crippen LogP contribution in [0.4, 0.5) is 9.52 Å². The lowest BCUT2D eigenvalue weighted by Crippen LogP contribution is -2.29. The van der Waals surface area contributed by atoms with Gasteiger partial charge in [0.05, 0.1) is 15.8 Å². The van der Waals surface area contributed by atoms with Gasteiger partial charge >= 0.3 is 5.91 Å². The third-order valence-electron chi connectivity index (χ3n) is 5.82. The minimum atomic E-state index is -1.18. The van der Waals surface area contributed by atoms with Gasteiger partial charge in [-0.1, -0.05) is 54.1 Å². The van der Waals surface area contributed by atoms with E-state index in [0.717, 1.165) is 16.7 Å². The minimum absolute atomic E-state index is 0.0886. The fraction of sp³-hybridized carbons (Fsp3) is 0.115. The van der Waals surface area contributed by atoms with Crippen LogP contribution in [0, 0.1) is 5.82 Å². The summed E-state index contributed by atoms with van der Waals surface area (Å²) in [7, 11) is 0. The molecule has 0 radical (unpaired) electrons. The molecule has 0 bridgehead atoms. The van der Waals surface area contributed by atoms with Crippen LogP contribution < -0.4 is 4.90 Å². The van der Waals surface area contributed by atoms with Crippen LogP contribution in [0.5, 0.6) is 0 Å². The van der Waals surface area contributed by atoms with Crippen LogP contribution in [-0.4, -0.2) is 21.8 Å². The number of halogens is 2. The number of aliphatic hydroxyl groups excluding tert-OH is 1. The first kappa shape index (κ1) is 22.3. The summed E-state index contributed by atoms with van der Waals surface area (Å²) >= 11 is 7.20. The van der Waals surface area contributed by atoms with Crippen molar-refractivity contribution in [1.29, 1.82) is 0 Å². The molecular weight excluding hydrogens is 475 g/mol. The van der Waals surface area contributed by atoms with Crippen molar-refractivity contribution in [3.63, 3.8) is 0 Å². The molecule has 0 unspecified atom stereocenters. The van der Waals surface area contributed by atoms with Gasteiger partial charge in [0.15, 0.2) is 5.13 Å². The Labute approximate surface area is 203 Å². The molecule has 1 amide bonds. The number of aliphatic hydroxyl groups is 1. The number of anilines is 1. The Hall–Kier alpha value is -3.55. The number of aromatic nitrogens is 1. The molecule has 1 aliphatic heterocycles. The molecule has 1 aromatic heterocycles. The third-order valence-corrected chi connectivity index (χ3v) is 7.09. The van der Waals surface area contributed by atoms with E-state index < -0.39 is 29.3 Å². The van der Waals surface area contributed by atoms with Crippen molar-refractivity contribution in [2.45, 2.75) is 19.4 Å². The Morgan fingerprint density at radius 1 is 1.12 bits per heavy atom. The lowest BCUT2D eigenvalue weighted by atomic mass is 9.95. The molecule has 1 aliphatic rings. The second-order valence-corrected chi connectivity index (χ2v) is 9.30. The highest BCUT2D eigenvalue weighted by molar-refractivity contribution is 7.22. The molecule has 0 aliphatic carbocycles. The highest BCUT2D eigenvalue weighted by atomic mass is 35.5. The summed E-state index contributed by atoms with van der Waals surface area (Å²) < 4.78 is 15.8. The molecule has 4 aromatic rings. The number of amides is 1. The van der Waals surface area contributed by atoms with Gasteiger partial charge < -0.3 is 5.11 Å². The van der Waals surface area contributed by atoms with Crippen LogP contribution in [0.15, 0.2) is 72.3 Å². The Kier molecular flexibility index (Phi) is 5.67. The van der Waals surface area contributed by atoms with E-state index in [1.165, 1.54) is 46.6 Å². The molecule has 170 valence electrons. The molecule has 5 rings (SSSR count). The van der Waals surface area contributed by atoms with Crippen molar-refractivity contribution in [2.24, 2.45) is 0 Å². The fourth-order valence-corrected chi connectivity index (χ4v) is 5.25. The summed E-state index contributed by atoms with van der Waals surface area (Å²) in [5.74, 6) is -2.79. The summed E-state index contributed by atoms with van der Waals surface area (Å²) in [5, 5.41) is 11.8. The van der Waals surface area contributed by atoms with Crippen LogP contribution in [0.1, 0.15) is 29.7 Å². The van der Waals surface area contributed by atoms with Crippen molar-refractivity contribution in [3.8, 4) is 0 Å². The number of nitrogens with zero attached hydrogens (tertiary/aromatic N) is 2. The topological polar surface area (TPSA) is 70.5 Å². The van der Waals surface area contributed by atoms with E-state index in [1.54, 1.807) is 18.2 Å². The van der Waals surface area contributed by atoms with E-state index in [1.807, 2.05) is 25.1 Å². The zero-order valence-electron chi connectivity index (χ0n) is 18.0. The standard InChI is InChI=1S/C26H18ClFN2O3S/c1-2-14-7-12-19-20(13-14)34-26(29-19)30-22(17-5-3-4-6-18(17)28)21(24(32)25(30)33)23(31)15-8-10-16(27)11-9-15/h3-13,22,31H,2H2,1H3/b23-21+/t22-/m1/s1. The van der Waals surface area contributed by atoms with Crippen LogP contribution >= 0.6 is 22.9 Å². The number of hydrogen-bond acceptors (Lipinski definition) is 5. The zero-order valence-corrected chi connectivity index (χ0v) is 19.5. The molecule has 1 fully saturated rings. The number of Topliss-reactive ketones (excluding diaryl/α,β-unsaturated/α-hetero) is 1. The molecule has 1 N–H and O–H groups in total. The summed E-state index contributed by atoms with van der Waals surface area (Å²) in [5.41, 5.74) is 1.96. The molecule has 1 saturated heterocycles. The number of aryl methyl sites for hydroxylation is 1. The maximum absolute atomic E-state index is 15.0. The monoisotopic (exact) mass is 492 g/mol. The van der Waals surface area contributed by atoms with E-state index in [0.29, 0.717) is 16.1 Å². The van der Waals surface area contributed by atoms with Gasteiger partial charge in [-0.15, -0.1) is 0 Å². The largest absolute Gasteiger partial charge is 0.507 e. The summed E-state index contributed by atoms with van der Waals surface area (Å²) in [6.07, 6.45) is 0.837. The summed E-state index contributed by atoms with van der Waals surface area (Å²) in [4.78, 5) is 32.2. The fourth-order valence-electron chi connectivity index (χ4n) is 4.06. The van der Waals surface area contributed by atoms with Gasteiger partial charge in [0.25, 0.3) is 5.78 Å². The molecule has 1 atom stereocenters. The van der Waals surface area contributed by atoms with E-state index in [4.69, 9.17) is 11.6 Å². The van der Waals surface area contributed by atoms with Crippen LogP contribution in [-0.2, 0) is 16.0 Å². The van der Waals surface area contributed by atoms with E-state index >= 15 is 0 Å². The van der Waals surface area contributed by atoms with Crippen LogP contribution in [0.3, 0.4) is 0 Å². The first-order chi connectivity index (χ1) is 16.4. The predicted molar refractivity (Wildman–Crippen MR) is 132 cm³/mol. The van der Waals surface area contributed by atoms with Crippen molar-refractivity contribution >= 4 is 55.7 Å². The van der Waals surface area contributed by atoms with Crippen molar-refractivity contribution in [1.82, 2.24) is 4.98 Å². The molecule has 0 spiro atoms. The number of benzene rings is 3. The first-order valence-electron chi connectivity index (χ1n) is 10.6. The smallest absolute Gasteiger partial charge is 0.301 e. The van der Waals surface area contributed by atoms with Crippen molar-refractivity contribution in [3.05, 3.63) is 99.8 Å². The quantitative estimate of drug-likeness (QED) is 0.207. The average molecular weight is 493 g/mol. The van der Waals surface area contributed by atoms with E-state index in [2.05, 4.69) is 4.98 Å². The molecule has 0 saturated carbocycles. The van der Waals surface area contributed by atoms with Gasteiger partial charge in [0.1, 0.15) is 17.6 Å². The minimum Gasteiger partial charge on any atom is -0.507 e. The van der Waals surface area contributed by atoms with Gasteiger partial charge in [-0.05, 0) is 54.4 Å². The predicted octanol–water partition coefficient (Wildman–Crippen LogP) is 6.28. The normalized spacial score (nSPS) is 17.6. The molecule has 3 aromatic carbocycles. The number of carbonyl (C=O) groups excluding carboxylic acids is 2. The molecule has 8 heteroatoms. The SMILES string of the molecule is CCc1ccc2nc(N3C(=O)C(=O)/C(=C(/O)c4ccc(Cl)cc4)[C@H]3c3ccccc3F)sc2c1. The van der Waals surface area contributed by atoms with Gasteiger partial charge in [-0.2, -0.15) is 0 Å². The Balaban J connectivity index is 1.73. The van der Waals surface area contributed by atoms with Gasteiger partial charge in [0, 0.05) is 16.1 Å². The van der Waals surface area contributed by atoms with Crippen molar-refractivity contribution in [2.75, 3.05) is 4.90 Å². The van der Waals surface area contributed by atoms with Gasteiger partial charge in [-0.25, -0.2) is 9.37 Å². The summed E-state index contributed by atoms with van der Waals surface area (Å²) in [6, 6.07) is 16.7. The highest BCUT2D eigenvalue weighted by Crippen LogP contribution is 2.45. The Morgan fingerprint density at radius 3 is 2.56 bits per heavy atom. The summed E-state index contributed by atoms with van der Waals surface area (Å²) in [6.45, 7) is 2.04. The molecule has 5 nitrogen and oxygen atoms in total.